The topological polar surface area (TPSA) is 79.1 Å². The average molecular weight is 478 g/mol. The molecule has 168 valence electrons. The Bertz CT molecular complexity index is 1260. The molecule has 0 aliphatic heterocycles. The molecule has 0 saturated carbocycles. The van der Waals surface area contributed by atoms with Gasteiger partial charge < -0.3 is 24.8 Å². The average Bonchev–Trinajstić information content (AvgIpc) is 3.12. The maximum atomic E-state index is 13.1. The SMILES string of the molecule is CCOc1cc(CNc2ccc3[nH]c(=O)[nH]c3c2)cc(Cl)c1OCc1ccc(F)cc1.Cl. The summed E-state index contributed by atoms with van der Waals surface area (Å²) in [5.74, 6) is 0.692. The van der Waals surface area contributed by atoms with Crippen LogP contribution in [-0.2, 0) is 13.2 Å². The summed E-state index contributed by atoms with van der Waals surface area (Å²) in [5, 5.41) is 3.74. The van der Waals surface area contributed by atoms with Crippen LogP contribution in [-0.4, -0.2) is 16.6 Å². The molecule has 0 bridgehead atoms. The van der Waals surface area contributed by atoms with Crippen molar-refractivity contribution >= 4 is 40.7 Å². The van der Waals surface area contributed by atoms with Gasteiger partial charge in [-0.1, -0.05) is 23.7 Å². The van der Waals surface area contributed by atoms with Crippen molar-refractivity contribution in [2.45, 2.75) is 20.1 Å². The number of ether oxygens (including phenoxy) is 2. The molecule has 0 saturated heterocycles. The first-order chi connectivity index (χ1) is 15.0. The minimum Gasteiger partial charge on any atom is -0.490 e. The number of fused-ring (bicyclic) bond motifs is 1. The van der Waals surface area contributed by atoms with Crippen LogP contribution in [0.25, 0.3) is 11.0 Å². The number of hydrogen-bond donors (Lipinski definition) is 3. The van der Waals surface area contributed by atoms with E-state index in [1.807, 2.05) is 37.3 Å². The van der Waals surface area contributed by atoms with Crippen LogP contribution in [0.3, 0.4) is 0 Å². The minimum absolute atomic E-state index is 0. The monoisotopic (exact) mass is 477 g/mol. The second-order valence-corrected chi connectivity index (χ2v) is 7.35. The summed E-state index contributed by atoms with van der Waals surface area (Å²) in [6, 6.07) is 15.4. The van der Waals surface area contributed by atoms with Gasteiger partial charge in [0.2, 0.25) is 0 Å². The van der Waals surface area contributed by atoms with Crippen LogP contribution < -0.4 is 20.5 Å². The van der Waals surface area contributed by atoms with E-state index in [1.165, 1.54) is 12.1 Å². The summed E-state index contributed by atoms with van der Waals surface area (Å²) in [6.45, 7) is 3.08. The summed E-state index contributed by atoms with van der Waals surface area (Å²) in [5.41, 5.74) is 3.83. The summed E-state index contributed by atoms with van der Waals surface area (Å²) in [4.78, 5) is 16.9. The van der Waals surface area contributed by atoms with Gasteiger partial charge in [0.15, 0.2) is 11.5 Å². The van der Waals surface area contributed by atoms with Crippen molar-refractivity contribution in [1.82, 2.24) is 9.97 Å². The number of H-pyrrole nitrogens is 2. The number of hydrogen-bond acceptors (Lipinski definition) is 4. The van der Waals surface area contributed by atoms with E-state index in [0.717, 1.165) is 27.8 Å². The highest BCUT2D eigenvalue weighted by molar-refractivity contribution is 6.32. The van der Waals surface area contributed by atoms with Gasteiger partial charge in [0.1, 0.15) is 12.4 Å². The Labute approximate surface area is 195 Å². The molecular formula is C23H22Cl2FN3O3. The fraction of sp³-hybridized carbons (Fsp3) is 0.174. The van der Waals surface area contributed by atoms with Crippen molar-refractivity contribution in [2.24, 2.45) is 0 Å². The molecule has 0 spiro atoms. The Morgan fingerprint density at radius 3 is 2.47 bits per heavy atom. The van der Waals surface area contributed by atoms with Crippen molar-refractivity contribution in [3.63, 3.8) is 0 Å². The number of benzene rings is 3. The minimum atomic E-state index is -0.296. The van der Waals surface area contributed by atoms with Crippen LogP contribution in [0.15, 0.2) is 59.4 Å². The first-order valence-electron chi connectivity index (χ1n) is 9.80. The first-order valence-corrected chi connectivity index (χ1v) is 10.2. The molecule has 0 unspecified atom stereocenters. The molecular weight excluding hydrogens is 456 g/mol. The highest BCUT2D eigenvalue weighted by atomic mass is 35.5. The summed E-state index contributed by atoms with van der Waals surface area (Å²) >= 11 is 6.49. The molecule has 0 atom stereocenters. The van der Waals surface area contributed by atoms with Crippen LogP contribution in [0.1, 0.15) is 18.1 Å². The van der Waals surface area contributed by atoms with Crippen molar-refractivity contribution in [2.75, 3.05) is 11.9 Å². The summed E-state index contributed by atoms with van der Waals surface area (Å²) < 4.78 is 24.7. The highest BCUT2D eigenvalue weighted by Crippen LogP contribution is 2.37. The van der Waals surface area contributed by atoms with Gasteiger partial charge in [0, 0.05) is 12.2 Å². The number of rotatable bonds is 8. The zero-order valence-electron chi connectivity index (χ0n) is 17.2. The number of aromatic nitrogens is 2. The van der Waals surface area contributed by atoms with E-state index in [0.29, 0.717) is 29.7 Å². The summed E-state index contributed by atoms with van der Waals surface area (Å²) in [7, 11) is 0. The fourth-order valence-electron chi connectivity index (χ4n) is 3.21. The second kappa shape index (κ2) is 10.4. The van der Waals surface area contributed by atoms with Crippen LogP contribution in [0.2, 0.25) is 5.02 Å². The largest absolute Gasteiger partial charge is 0.490 e. The van der Waals surface area contributed by atoms with E-state index in [9.17, 15) is 9.18 Å². The van der Waals surface area contributed by atoms with E-state index in [-0.39, 0.29) is 30.5 Å². The predicted octanol–water partition coefficient (Wildman–Crippen LogP) is 5.66. The van der Waals surface area contributed by atoms with Gasteiger partial charge in [-0.2, -0.15) is 0 Å². The fourth-order valence-corrected chi connectivity index (χ4v) is 3.50. The zero-order valence-corrected chi connectivity index (χ0v) is 18.8. The Kier molecular flexibility index (Phi) is 7.66. The van der Waals surface area contributed by atoms with Gasteiger partial charge >= 0.3 is 5.69 Å². The van der Waals surface area contributed by atoms with Crippen molar-refractivity contribution in [3.05, 3.63) is 87.0 Å². The smallest absolute Gasteiger partial charge is 0.323 e. The van der Waals surface area contributed by atoms with Gasteiger partial charge in [0.05, 0.1) is 22.7 Å². The van der Waals surface area contributed by atoms with E-state index >= 15 is 0 Å². The lowest BCUT2D eigenvalue weighted by Crippen LogP contribution is -2.04. The van der Waals surface area contributed by atoms with E-state index in [2.05, 4.69) is 15.3 Å². The third-order valence-electron chi connectivity index (χ3n) is 4.68. The molecule has 1 heterocycles. The Morgan fingerprint density at radius 2 is 1.72 bits per heavy atom. The van der Waals surface area contributed by atoms with Crippen molar-refractivity contribution < 1.29 is 13.9 Å². The molecule has 9 heteroatoms. The third-order valence-corrected chi connectivity index (χ3v) is 4.96. The molecule has 0 fully saturated rings. The highest BCUT2D eigenvalue weighted by Gasteiger charge is 2.13. The van der Waals surface area contributed by atoms with Crippen LogP contribution in [0.5, 0.6) is 11.5 Å². The molecule has 32 heavy (non-hydrogen) atoms. The maximum Gasteiger partial charge on any atom is 0.323 e. The third kappa shape index (κ3) is 5.55. The molecule has 6 nitrogen and oxygen atoms in total. The lowest BCUT2D eigenvalue weighted by Gasteiger charge is -2.16. The van der Waals surface area contributed by atoms with E-state index in [4.69, 9.17) is 21.1 Å². The Hall–Kier alpha value is -3.16. The number of anilines is 1. The number of halogens is 3. The van der Waals surface area contributed by atoms with Crippen LogP contribution >= 0.6 is 24.0 Å². The number of aromatic amines is 2. The lowest BCUT2D eigenvalue weighted by molar-refractivity contribution is 0.269. The molecule has 4 aromatic rings. The van der Waals surface area contributed by atoms with Crippen LogP contribution in [0, 0.1) is 5.82 Å². The normalized spacial score (nSPS) is 10.6. The molecule has 0 radical (unpaired) electrons. The molecule has 4 rings (SSSR count). The molecule has 1 aromatic heterocycles. The maximum absolute atomic E-state index is 13.1. The van der Waals surface area contributed by atoms with Gasteiger partial charge in [0.25, 0.3) is 0 Å². The quantitative estimate of drug-likeness (QED) is 0.305. The summed E-state index contributed by atoms with van der Waals surface area (Å²) in [6.07, 6.45) is 0. The number of nitrogens with one attached hydrogen (secondary N) is 3. The van der Waals surface area contributed by atoms with Crippen molar-refractivity contribution in [3.8, 4) is 11.5 Å². The molecule has 3 N–H and O–H groups in total. The van der Waals surface area contributed by atoms with Gasteiger partial charge in [-0.05, 0) is 60.5 Å². The predicted molar refractivity (Wildman–Crippen MR) is 127 cm³/mol. The van der Waals surface area contributed by atoms with Gasteiger partial charge in [-0.15, -0.1) is 12.4 Å². The first kappa shape index (κ1) is 23.5. The Morgan fingerprint density at radius 1 is 0.969 bits per heavy atom. The second-order valence-electron chi connectivity index (χ2n) is 6.95. The molecule has 3 aromatic carbocycles. The lowest BCUT2D eigenvalue weighted by atomic mass is 10.2. The van der Waals surface area contributed by atoms with Crippen molar-refractivity contribution in [1.29, 1.82) is 0 Å². The van der Waals surface area contributed by atoms with Gasteiger partial charge in [-0.3, -0.25) is 0 Å². The Balaban J connectivity index is 0.00000289. The zero-order chi connectivity index (χ0) is 21.8. The van der Waals surface area contributed by atoms with Crippen LogP contribution in [0.4, 0.5) is 10.1 Å². The van der Waals surface area contributed by atoms with E-state index < -0.39 is 0 Å². The molecule has 0 aliphatic rings. The van der Waals surface area contributed by atoms with E-state index in [1.54, 1.807) is 12.1 Å². The number of imidazole rings is 1. The standard InChI is InChI=1S/C23H21ClFN3O3.ClH/c1-2-30-21-10-15(12-26-17-7-8-19-20(11-17)28-23(29)27-19)9-18(24)22(21)31-13-14-3-5-16(25)6-4-14;/h3-11,26H,2,12-13H2,1H3,(H2,27,28,29);1H. The van der Waals surface area contributed by atoms with Gasteiger partial charge in [-0.25, -0.2) is 9.18 Å². The molecule has 0 aliphatic carbocycles. The molecule has 0 amide bonds.